The second kappa shape index (κ2) is 4.43. The standard InChI is InChI=1S/C14H21N3O/c1-17-5-4-9(8-17)7-16-14(18)12-10-2-3-11(6-10)13(12)15/h4-5,8,10-13H,2-3,6-7,15H2,1H3,(H,16,18). The molecule has 18 heavy (non-hydrogen) atoms. The highest BCUT2D eigenvalue weighted by atomic mass is 16.1. The van der Waals surface area contributed by atoms with Gasteiger partial charge in [0.15, 0.2) is 0 Å². The molecule has 1 aromatic heterocycles. The summed E-state index contributed by atoms with van der Waals surface area (Å²) < 4.78 is 1.99. The number of rotatable bonds is 3. The van der Waals surface area contributed by atoms with Crippen molar-refractivity contribution in [2.75, 3.05) is 0 Å². The van der Waals surface area contributed by atoms with Crippen LogP contribution in [-0.4, -0.2) is 16.5 Å². The number of nitrogens with one attached hydrogen (secondary N) is 1. The van der Waals surface area contributed by atoms with E-state index in [1.54, 1.807) is 0 Å². The fourth-order valence-electron chi connectivity index (χ4n) is 3.70. The highest BCUT2D eigenvalue weighted by Crippen LogP contribution is 2.47. The van der Waals surface area contributed by atoms with Crippen LogP contribution < -0.4 is 11.1 Å². The molecule has 1 aromatic rings. The number of carbonyl (C=O) groups is 1. The van der Waals surface area contributed by atoms with Crippen molar-refractivity contribution in [2.45, 2.75) is 31.8 Å². The van der Waals surface area contributed by atoms with Crippen LogP contribution in [-0.2, 0) is 18.4 Å². The van der Waals surface area contributed by atoms with Crippen LogP contribution in [0.15, 0.2) is 18.5 Å². The maximum atomic E-state index is 12.2. The Balaban J connectivity index is 1.59. The van der Waals surface area contributed by atoms with Gasteiger partial charge < -0.3 is 15.6 Å². The summed E-state index contributed by atoms with van der Waals surface area (Å²) in [6, 6.07) is 2.11. The molecular weight excluding hydrogens is 226 g/mol. The average Bonchev–Trinajstić information content (AvgIpc) is 3.02. The zero-order chi connectivity index (χ0) is 12.7. The summed E-state index contributed by atoms with van der Waals surface area (Å²) in [5.74, 6) is 1.31. The maximum Gasteiger partial charge on any atom is 0.225 e. The van der Waals surface area contributed by atoms with E-state index in [-0.39, 0.29) is 17.9 Å². The molecule has 0 saturated heterocycles. The zero-order valence-corrected chi connectivity index (χ0v) is 10.8. The number of nitrogens with zero attached hydrogens (tertiary/aromatic N) is 1. The highest BCUT2D eigenvalue weighted by molar-refractivity contribution is 5.80. The molecule has 2 saturated carbocycles. The summed E-state index contributed by atoms with van der Waals surface area (Å²) in [6.07, 6.45) is 7.58. The third-order valence-corrected chi connectivity index (χ3v) is 4.64. The first-order valence-electron chi connectivity index (χ1n) is 6.79. The molecule has 4 nitrogen and oxygen atoms in total. The smallest absolute Gasteiger partial charge is 0.225 e. The Kier molecular flexibility index (Phi) is 2.90. The Labute approximate surface area is 108 Å². The fraction of sp³-hybridized carbons (Fsp3) is 0.643. The number of hydrogen-bond donors (Lipinski definition) is 2. The van der Waals surface area contributed by atoms with Crippen molar-refractivity contribution in [3.63, 3.8) is 0 Å². The Hall–Kier alpha value is -1.29. The molecular formula is C14H21N3O. The molecule has 4 heteroatoms. The predicted molar refractivity (Wildman–Crippen MR) is 69.6 cm³/mol. The number of amides is 1. The lowest BCUT2D eigenvalue weighted by Gasteiger charge is -2.26. The number of aromatic nitrogens is 1. The second-order valence-corrected chi connectivity index (χ2v) is 5.84. The third-order valence-electron chi connectivity index (χ3n) is 4.64. The topological polar surface area (TPSA) is 60.0 Å². The zero-order valence-electron chi connectivity index (χ0n) is 10.8. The molecule has 4 atom stereocenters. The number of carbonyl (C=O) groups excluding carboxylic acids is 1. The monoisotopic (exact) mass is 247 g/mol. The van der Waals surface area contributed by atoms with Crippen molar-refractivity contribution in [1.82, 2.24) is 9.88 Å². The van der Waals surface area contributed by atoms with Gasteiger partial charge in [-0.1, -0.05) is 0 Å². The van der Waals surface area contributed by atoms with Crippen LogP contribution >= 0.6 is 0 Å². The van der Waals surface area contributed by atoms with Crippen molar-refractivity contribution in [3.05, 3.63) is 24.0 Å². The van der Waals surface area contributed by atoms with Crippen molar-refractivity contribution in [3.8, 4) is 0 Å². The van der Waals surface area contributed by atoms with E-state index in [1.807, 2.05) is 30.1 Å². The van der Waals surface area contributed by atoms with Crippen LogP contribution in [0.2, 0.25) is 0 Å². The number of aryl methyl sites for hydroxylation is 1. The molecule has 4 unspecified atom stereocenters. The number of nitrogens with two attached hydrogens (primary N) is 1. The maximum absolute atomic E-state index is 12.2. The SMILES string of the molecule is Cn1ccc(CNC(=O)C2C3CCC(C3)C2N)c1. The van der Waals surface area contributed by atoms with Gasteiger partial charge >= 0.3 is 0 Å². The van der Waals surface area contributed by atoms with E-state index in [0.717, 1.165) is 12.0 Å². The van der Waals surface area contributed by atoms with Crippen molar-refractivity contribution in [1.29, 1.82) is 0 Å². The Bertz CT molecular complexity index is 452. The van der Waals surface area contributed by atoms with Crippen molar-refractivity contribution >= 4 is 5.91 Å². The van der Waals surface area contributed by atoms with E-state index in [9.17, 15) is 4.79 Å². The van der Waals surface area contributed by atoms with Gasteiger partial charge in [-0.25, -0.2) is 0 Å². The minimum atomic E-state index is 0.0486. The molecule has 0 aromatic carbocycles. The molecule has 3 N–H and O–H groups in total. The lowest BCUT2D eigenvalue weighted by Crippen LogP contribution is -2.45. The highest BCUT2D eigenvalue weighted by Gasteiger charge is 2.48. The second-order valence-electron chi connectivity index (χ2n) is 5.84. The van der Waals surface area contributed by atoms with Gasteiger partial charge in [0.1, 0.15) is 0 Å². The largest absolute Gasteiger partial charge is 0.357 e. The molecule has 2 fully saturated rings. The molecule has 2 bridgehead atoms. The van der Waals surface area contributed by atoms with E-state index in [2.05, 4.69) is 5.32 Å². The third kappa shape index (κ3) is 1.94. The van der Waals surface area contributed by atoms with E-state index in [0.29, 0.717) is 18.4 Å². The molecule has 3 rings (SSSR count). The predicted octanol–water partition coefficient (Wildman–Crippen LogP) is 1.01. The lowest BCUT2D eigenvalue weighted by molar-refractivity contribution is -0.127. The van der Waals surface area contributed by atoms with Gasteiger partial charge in [0.25, 0.3) is 0 Å². The Morgan fingerprint density at radius 3 is 2.89 bits per heavy atom. The van der Waals surface area contributed by atoms with Gasteiger partial charge in [0.2, 0.25) is 5.91 Å². The Morgan fingerprint density at radius 2 is 2.28 bits per heavy atom. The lowest BCUT2D eigenvalue weighted by atomic mass is 9.84. The summed E-state index contributed by atoms with van der Waals surface area (Å²) in [7, 11) is 1.98. The summed E-state index contributed by atoms with van der Waals surface area (Å²) >= 11 is 0. The quantitative estimate of drug-likeness (QED) is 0.837. The molecule has 2 aliphatic rings. The first kappa shape index (κ1) is 11.8. The van der Waals surface area contributed by atoms with E-state index >= 15 is 0 Å². The summed E-state index contributed by atoms with van der Waals surface area (Å²) in [4.78, 5) is 12.2. The first-order chi connectivity index (χ1) is 8.65. The van der Waals surface area contributed by atoms with Gasteiger partial charge in [-0.15, -0.1) is 0 Å². The molecule has 0 spiro atoms. The molecule has 0 radical (unpaired) electrons. The van der Waals surface area contributed by atoms with E-state index in [1.165, 1.54) is 12.8 Å². The number of hydrogen-bond acceptors (Lipinski definition) is 2. The minimum Gasteiger partial charge on any atom is -0.357 e. The van der Waals surface area contributed by atoms with Crippen LogP contribution in [0, 0.1) is 17.8 Å². The summed E-state index contributed by atoms with van der Waals surface area (Å²) in [6.45, 7) is 0.611. The van der Waals surface area contributed by atoms with Crippen LogP contribution in [0.4, 0.5) is 0 Å². The molecule has 2 aliphatic carbocycles. The van der Waals surface area contributed by atoms with Crippen LogP contribution in [0.1, 0.15) is 24.8 Å². The summed E-state index contributed by atoms with van der Waals surface area (Å²) in [5, 5.41) is 3.04. The van der Waals surface area contributed by atoms with Gasteiger partial charge in [-0.2, -0.15) is 0 Å². The fourth-order valence-corrected chi connectivity index (χ4v) is 3.70. The van der Waals surface area contributed by atoms with Crippen LogP contribution in [0.3, 0.4) is 0 Å². The van der Waals surface area contributed by atoms with Gasteiger partial charge in [-0.05, 0) is 42.7 Å². The molecule has 1 amide bonds. The Morgan fingerprint density at radius 1 is 1.50 bits per heavy atom. The molecule has 0 aliphatic heterocycles. The van der Waals surface area contributed by atoms with Gasteiger partial charge in [0.05, 0.1) is 5.92 Å². The normalized spacial score (nSPS) is 33.9. The van der Waals surface area contributed by atoms with E-state index < -0.39 is 0 Å². The number of fused-ring (bicyclic) bond motifs is 2. The summed E-state index contributed by atoms with van der Waals surface area (Å²) in [5.41, 5.74) is 7.31. The van der Waals surface area contributed by atoms with Crippen molar-refractivity contribution in [2.24, 2.45) is 30.5 Å². The molecule has 1 heterocycles. The minimum absolute atomic E-state index is 0.0486. The van der Waals surface area contributed by atoms with Crippen LogP contribution in [0.5, 0.6) is 0 Å². The molecule has 98 valence electrons. The van der Waals surface area contributed by atoms with E-state index in [4.69, 9.17) is 5.73 Å². The first-order valence-corrected chi connectivity index (χ1v) is 6.79. The van der Waals surface area contributed by atoms with Crippen molar-refractivity contribution < 1.29 is 4.79 Å². The average molecular weight is 247 g/mol. The van der Waals surface area contributed by atoms with Crippen LogP contribution in [0.25, 0.3) is 0 Å². The van der Waals surface area contributed by atoms with Gasteiger partial charge in [0, 0.05) is 32.0 Å². The van der Waals surface area contributed by atoms with Gasteiger partial charge in [-0.3, -0.25) is 4.79 Å².